The number of phosphoric ester groups is 1. The van der Waals surface area contributed by atoms with Gasteiger partial charge in [0.25, 0.3) is 0 Å². The van der Waals surface area contributed by atoms with E-state index in [1.54, 1.807) is 18.2 Å². The van der Waals surface area contributed by atoms with E-state index in [9.17, 15) is 4.57 Å². The predicted molar refractivity (Wildman–Crippen MR) is 108 cm³/mol. The summed E-state index contributed by atoms with van der Waals surface area (Å²) in [6.45, 7) is 3.68. The molecular formula is C21H31O4P. The van der Waals surface area contributed by atoms with E-state index in [0.29, 0.717) is 0 Å². The maximum absolute atomic E-state index is 10.9. The molecule has 5 heteroatoms. The zero-order valence-electron chi connectivity index (χ0n) is 15.4. The van der Waals surface area contributed by atoms with Crippen LogP contribution in [0.3, 0.4) is 0 Å². The average Bonchev–Trinajstić information content (AvgIpc) is 2.58. The Bertz CT molecular complexity index is 616. The van der Waals surface area contributed by atoms with Crippen LogP contribution >= 0.6 is 7.82 Å². The van der Waals surface area contributed by atoms with Gasteiger partial charge >= 0.3 is 7.82 Å². The highest BCUT2D eigenvalue weighted by Gasteiger charge is 2.15. The first-order chi connectivity index (χ1) is 12.5. The number of hydrogen-bond donors (Lipinski definition) is 2. The van der Waals surface area contributed by atoms with Crippen molar-refractivity contribution in [2.75, 3.05) is 0 Å². The van der Waals surface area contributed by atoms with E-state index in [4.69, 9.17) is 9.79 Å². The van der Waals surface area contributed by atoms with Crippen molar-refractivity contribution in [3.8, 4) is 5.75 Å². The molecule has 1 aromatic carbocycles. The van der Waals surface area contributed by atoms with Gasteiger partial charge < -0.3 is 4.52 Å². The minimum Gasteiger partial charge on any atom is -0.404 e. The second-order valence-corrected chi connectivity index (χ2v) is 7.40. The number of allylic oxidation sites excluding steroid dienone is 5. The lowest BCUT2D eigenvalue weighted by molar-refractivity contribution is 0.283. The molecule has 0 bridgehead atoms. The van der Waals surface area contributed by atoms with Gasteiger partial charge in [0, 0.05) is 0 Å². The summed E-state index contributed by atoms with van der Waals surface area (Å²) >= 11 is 0. The van der Waals surface area contributed by atoms with E-state index in [-0.39, 0.29) is 5.75 Å². The predicted octanol–water partition coefficient (Wildman–Crippen LogP) is 6.12. The van der Waals surface area contributed by atoms with Gasteiger partial charge in [0.15, 0.2) is 0 Å². The van der Waals surface area contributed by atoms with Crippen LogP contribution in [0, 0.1) is 0 Å². The Kier molecular flexibility index (Phi) is 11.7. The van der Waals surface area contributed by atoms with Crippen molar-refractivity contribution in [3.63, 3.8) is 0 Å². The molecule has 0 radical (unpaired) electrons. The lowest BCUT2D eigenvalue weighted by Crippen LogP contribution is -1.92. The second kappa shape index (κ2) is 13.6. The Labute approximate surface area is 157 Å². The smallest absolute Gasteiger partial charge is 0.404 e. The van der Waals surface area contributed by atoms with Crippen molar-refractivity contribution in [2.24, 2.45) is 0 Å². The molecule has 0 spiro atoms. The van der Waals surface area contributed by atoms with Gasteiger partial charge in [0.1, 0.15) is 5.75 Å². The minimum atomic E-state index is -4.48. The Morgan fingerprint density at radius 3 is 2.42 bits per heavy atom. The van der Waals surface area contributed by atoms with E-state index in [1.807, 2.05) is 12.1 Å². The summed E-state index contributed by atoms with van der Waals surface area (Å²) in [5, 5.41) is 0. The molecular weight excluding hydrogens is 347 g/mol. The Morgan fingerprint density at radius 1 is 0.962 bits per heavy atom. The monoisotopic (exact) mass is 378 g/mol. The van der Waals surface area contributed by atoms with Crippen molar-refractivity contribution >= 4 is 7.82 Å². The maximum atomic E-state index is 10.9. The van der Waals surface area contributed by atoms with Crippen LogP contribution in [0.1, 0.15) is 56.9 Å². The number of hydrogen-bond acceptors (Lipinski definition) is 2. The van der Waals surface area contributed by atoms with Gasteiger partial charge in [-0.05, 0) is 56.2 Å². The van der Waals surface area contributed by atoms with Crippen LogP contribution in [0.2, 0.25) is 0 Å². The Balaban J connectivity index is 2.07. The molecule has 0 saturated heterocycles. The average molecular weight is 378 g/mol. The molecule has 0 fully saturated rings. The molecule has 26 heavy (non-hydrogen) atoms. The Hall–Kier alpha value is -1.61. The van der Waals surface area contributed by atoms with Crippen LogP contribution in [-0.4, -0.2) is 9.79 Å². The molecule has 4 nitrogen and oxygen atoms in total. The Morgan fingerprint density at radius 2 is 1.65 bits per heavy atom. The summed E-state index contributed by atoms with van der Waals surface area (Å²) in [4.78, 5) is 17.7. The summed E-state index contributed by atoms with van der Waals surface area (Å²) in [5.74, 6) is 0.224. The highest BCUT2D eigenvalue weighted by molar-refractivity contribution is 7.46. The van der Waals surface area contributed by atoms with Crippen LogP contribution in [0.4, 0.5) is 0 Å². The number of unbranched alkanes of at least 4 members (excludes halogenated alkanes) is 5. The number of aryl methyl sites for hydroxylation is 1. The van der Waals surface area contributed by atoms with Crippen LogP contribution in [-0.2, 0) is 11.0 Å². The summed E-state index contributed by atoms with van der Waals surface area (Å²) in [6.07, 6.45) is 20.5. The third-order valence-electron chi connectivity index (χ3n) is 3.87. The molecule has 0 aliphatic carbocycles. The zero-order valence-corrected chi connectivity index (χ0v) is 16.3. The molecule has 0 aliphatic rings. The van der Waals surface area contributed by atoms with Crippen LogP contribution in [0.5, 0.6) is 5.75 Å². The molecule has 0 aromatic heterocycles. The van der Waals surface area contributed by atoms with Crippen LogP contribution in [0.15, 0.2) is 61.2 Å². The van der Waals surface area contributed by atoms with E-state index in [1.165, 1.54) is 19.3 Å². The first kappa shape index (κ1) is 22.4. The van der Waals surface area contributed by atoms with Gasteiger partial charge in [-0.15, -0.1) is 6.58 Å². The van der Waals surface area contributed by atoms with E-state index in [0.717, 1.165) is 44.1 Å². The summed E-state index contributed by atoms with van der Waals surface area (Å²) in [7, 11) is -4.48. The number of phosphoric acid groups is 1. The van der Waals surface area contributed by atoms with Crippen LogP contribution < -0.4 is 4.52 Å². The van der Waals surface area contributed by atoms with E-state index < -0.39 is 7.82 Å². The lowest BCUT2D eigenvalue weighted by atomic mass is 10.0. The third-order valence-corrected chi connectivity index (χ3v) is 4.32. The number of rotatable bonds is 14. The topological polar surface area (TPSA) is 66.8 Å². The van der Waals surface area contributed by atoms with Gasteiger partial charge in [-0.25, -0.2) is 4.57 Å². The standard InChI is InChI=1S/C21H31O4P/c1-2-3-4-5-6-7-8-9-10-11-12-13-14-16-20-17-15-18-21(19-20)25-26(22,23)24/h2,4-5,7-8,15,17-19H,1,3,6,9-14,16H2,(H2,22,23,24)/b5-4+,8-7+. The fraction of sp³-hybridized carbons (Fsp3) is 0.429. The third kappa shape index (κ3) is 12.7. The van der Waals surface area contributed by atoms with Gasteiger partial charge in [-0.2, -0.15) is 0 Å². The van der Waals surface area contributed by atoms with Gasteiger partial charge in [-0.3, -0.25) is 9.79 Å². The number of benzene rings is 1. The molecule has 0 aliphatic heterocycles. The molecule has 2 N–H and O–H groups in total. The fourth-order valence-electron chi connectivity index (χ4n) is 2.60. The highest BCUT2D eigenvalue weighted by Crippen LogP contribution is 2.37. The zero-order chi connectivity index (χ0) is 19.1. The van der Waals surface area contributed by atoms with Crippen molar-refractivity contribution in [3.05, 3.63) is 66.8 Å². The van der Waals surface area contributed by atoms with Crippen molar-refractivity contribution < 1.29 is 18.9 Å². The molecule has 1 aromatic rings. The van der Waals surface area contributed by atoms with Crippen molar-refractivity contribution in [1.82, 2.24) is 0 Å². The summed E-state index contributed by atoms with van der Waals surface area (Å²) in [6, 6.07) is 6.98. The van der Waals surface area contributed by atoms with Gasteiger partial charge in [0.2, 0.25) is 0 Å². The maximum Gasteiger partial charge on any atom is 0.524 e. The molecule has 1 rings (SSSR count). The highest BCUT2D eigenvalue weighted by atomic mass is 31.2. The van der Waals surface area contributed by atoms with E-state index >= 15 is 0 Å². The van der Waals surface area contributed by atoms with E-state index in [2.05, 4.69) is 35.4 Å². The van der Waals surface area contributed by atoms with Crippen LogP contribution in [0.25, 0.3) is 0 Å². The summed E-state index contributed by atoms with van der Waals surface area (Å²) in [5.41, 5.74) is 1.04. The quantitative estimate of drug-likeness (QED) is 0.232. The van der Waals surface area contributed by atoms with Gasteiger partial charge in [0.05, 0.1) is 0 Å². The minimum absolute atomic E-state index is 0.224. The molecule has 0 unspecified atom stereocenters. The first-order valence-corrected chi connectivity index (χ1v) is 10.8. The summed E-state index contributed by atoms with van der Waals surface area (Å²) < 4.78 is 15.5. The van der Waals surface area contributed by atoms with Crippen molar-refractivity contribution in [1.29, 1.82) is 0 Å². The molecule has 0 heterocycles. The molecule has 144 valence electrons. The first-order valence-electron chi connectivity index (χ1n) is 9.26. The molecule has 0 amide bonds. The SMILES string of the molecule is C=CC/C=C/C/C=C/CCCCCCCc1cccc(OP(=O)(O)O)c1. The lowest BCUT2D eigenvalue weighted by Gasteiger charge is -2.08. The normalized spacial score (nSPS) is 12.1. The molecule has 0 saturated carbocycles. The fourth-order valence-corrected chi connectivity index (χ4v) is 2.99. The largest absolute Gasteiger partial charge is 0.524 e. The second-order valence-electron chi connectivity index (χ2n) is 6.24. The van der Waals surface area contributed by atoms with Crippen molar-refractivity contribution in [2.45, 2.75) is 57.8 Å². The van der Waals surface area contributed by atoms with Gasteiger partial charge in [-0.1, -0.05) is 61.8 Å². The molecule has 0 atom stereocenters.